The van der Waals surface area contributed by atoms with E-state index < -0.39 is 0 Å². The molecule has 1 aromatic heterocycles. The quantitative estimate of drug-likeness (QED) is 0.754. The molecule has 2 heterocycles. The van der Waals surface area contributed by atoms with Crippen molar-refractivity contribution in [2.75, 3.05) is 25.1 Å². The normalized spacial score (nSPS) is 17.9. The Morgan fingerprint density at radius 1 is 1.22 bits per heavy atom. The van der Waals surface area contributed by atoms with Crippen LogP contribution in [-0.2, 0) is 10.5 Å². The van der Waals surface area contributed by atoms with E-state index in [0.717, 1.165) is 36.2 Å². The summed E-state index contributed by atoms with van der Waals surface area (Å²) in [6, 6.07) is 10.4. The first kappa shape index (κ1) is 16.3. The van der Waals surface area contributed by atoms with E-state index in [1.807, 2.05) is 18.5 Å². The van der Waals surface area contributed by atoms with E-state index in [-0.39, 0.29) is 0 Å². The molecule has 0 aliphatic carbocycles. The molecule has 1 atom stereocenters. The van der Waals surface area contributed by atoms with Crippen LogP contribution in [0.4, 0.5) is 5.82 Å². The van der Waals surface area contributed by atoms with Gasteiger partial charge < -0.3 is 9.64 Å². The second-order valence-corrected chi connectivity index (χ2v) is 6.85. The van der Waals surface area contributed by atoms with Crippen molar-refractivity contribution in [2.45, 2.75) is 36.1 Å². The lowest BCUT2D eigenvalue weighted by Gasteiger charge is -2.27. The van der Waals surface area contributed by atoms with Gasteiger partial charge in [0.1, 0.15) is 10.8 Å². The third-order valence-corrected chi connectivity index (χ3v) is 4.94. The van der Waals surface area contributed by atoms with Gasteiger partial charge in [0.2, 0.25) is 0 Å². The molecule has 0 amide bonds. The number of thioether (sulfide) groups is 1. The van der Waals surface area contributed by atoms with E-state index in [1.165, 1.54) is 18.4 Å². The van der Waals surface area contributed by atoms with Crippen molar-refractivity contribution in [3.05, 3.63) is 48.3 Å². The largest absolute Gasteiger partial charge is 0.376 e. The van der Waals surface area contributed by atoms with Gasteiger partial charge in [0, 0.05) is 26.0 Å². The van der Waals surface area contributed by atoms with Gasteiger partial charge >= 0.3 is 0 Å². The van der Waals surface area contributed by atoms with Crippen LogP contribution in [0.3, 0.4) is 0 Å². The molecule has 4 nitrogen and oxygen atoms in total. The van der Waals surface area contributed by atoms with Crippen LogP contribution in [0.5, 0.6) is 0 Å². The van der Waals surface area contributed by atoms with Crippen molar-refractivity contribution in [3.63, 3.8) is 0 Å². The number of hydrogen-bond acceptors (Lipinski definition) is 5. The van der Waals surface area contributed by atoms with Crippen molar-refractivity contribution in [3.8, 4) is 0 Å². The van der Waals surface area contributed by atoms with Crippen LogP contribution in [-0.4, -0.2) is 36.3 Å². The van der Waals surface area contributed by atoms with Crippen molar-refractivity contribution < 1.29 is 4.74 Å². The molecular weight excluding hydrogens is 306 g/mol. The summed E-state index contributed by atoms with van der Waals surface area (Å²) in [7, 11) is 2.06. The Balaban J connectivity index is 1.57. The van der Waals surface area contributed by atoms with Crippen molar-refractivity contribution >= 4 is 17.6 Å². The molecule has 2 aromatic rings. The number of ether oxygens (including phenoxy) is 1. The SMILES string of the molecule is CN(CC1CCCCO1)c1cncc(SCc2ccccc2)n1. The van der Waals surface area contributed by atoms with E-state index >= 15 is 0 Å². The average Bonchev–Trinajstić information content (AvgIpc) is 2.62. The molecule has 1 saturated heterocycles. The maximum atomic E-state index is 5.81. The van der Waals surface area contributed by atoms with E-state index in [2.05, 4.69) is 41.2 Å². The maximum Gasteiger partial charge on any atom is 0.148 e. The summed E-state index contributed by atoms with van der Waals surface area (Å²) in [5.74, 6) is 1.83. The zero-order chi connectivity index (χ0) is 15.9. The van der Waals surface area contributed by atoms with Crippen LogP contribution in [0.2, 0.25) is 0 Å². The molecule has 0 radical (unpaired) electrons. The fraction of sp³-hybridized carbons (Fsp3) is 0.444. The second kappa shape index (κ2) is 8.31. The molecule has 5 heteroatoms. The molecule has 3 rings (SSSR count). The van der Waals surface area contributed by atoms with Gasteiger partial charge in [-0.3, -0.25) is 4.98 Å². The van der Waals surface area contributed by atoms with Crippen LogP contribution in [0.25, 0.3) is 0 Å². The Hall–Kier alpha value is -1.59. The minimum atomic E-state index is 0.316. The summed E-state index contributed by atoms with van der Waals surface area (Å²) in [4.78, 5) is 11.2. The molecule has 1 aliphatic heterocycles. The summed E-state index contributed by atoms with van der Waals surface area (Å²) in [6.45, 7) is 1.76. The Labute approximate surface area is 142 Å². The molecule has 1 unspecified atom stereocenters. The topological polar surface area (TPSA) is 38.2 Å². The molecular formula is C18H23N3OS. The fourth-order valence-electron chi connectivity index (χ4n) is 2.67. The lowest BCUT2D eigenvalue weighted by atomic mass is 10.1. The first-order valence-corrected chi connectivity index (χ1v) is 9.11. The van der Waals surface area contributed by atoms with Gasteiger partial charge in [-0.1, -0.05) is 30.3 Å². The molecule has 0 spiro atoms. The van der Waals surface area contributed by atoms with Crippen molar-refractivity contribution in [1.29, 1.82) is 0 Å². The summed E-state index contributed by atoms with van der Waals surface area (Å²) >= 11 is 1.72. The van der Waals surface area contributed by atoms with E-state index in [1.54, 1.807) is 11.8 Å². The lowest BCUT2D eigenvalue weighted by molar-refractivity contribution is 0.0215. The number of hydrogen-bond donors (Lipinski definition) is 0. The van der Waals surface area contributed by atoms with Crippen molar-refractivity contribution in [1.82, 2.24) is 9.97 Å². The predicted molar refractivity (Wildman–Crippen MR) is 94.9 cm³/mol. The van der Waals surface area contributed by atoms with Gasteiger partial charge in [-0.05, 0) is 24.8 Å². The smallest absolute Gasteiger partial charge is 0.148 e. The summed E-state index contributed by atoms with van der Waals surface area (Å²) in [5, 5.41) is 0.961. The third-order valence-electron chi connectivity index (χ3n) is 3.97. The second-order valence-electron chi connectivity index (χ2n) is 5.86. The molecule has 1 aromatic carbocycles. The zero-order valence-corrected chi connectivity index (χ0v) is 14.3. The Morgan fingerprint density at radius 2 is 2.09 bits per heavy atom. The minimum absolute atomic E-state index is 0.316. The van der Waals surface area contributed by atoms with Crippen LogP contribution in [0.1, 0.15) is 24.8 Å². The third kappa shape index (κ3) is 4.94. The molecule has 1 fully saturated rings. The predicted octanol–water partition coefficient (Wildman–Crippen LogP) is 3.77. The number of likely N-dealkylation sites (N-methyl/N-ethyl adjacent to an activating group) is 1. The molecule has 0 N–H and O–H groups in total. The van der Waals surface area contributed by atoms with Crippen molar-refractivity contribution in [2.24, 2.45) is 0 Å². The number of aromatic nitrogens is 2. The monoisotopic (exact) mass is 329 g/mol. The van der Waals surface area contributed by atoms with Crippen LogP contribution < -0.4 is 4.90 Å². The Kier molecular flexibility index (Phi) is 5.88. The molecule has 0 bridgehead atoms. The standard InChI is InChI=1S/C18H23N3OS/c1-21(13-16-9-5-6-10-22-16)17-11-19-12-18(20-17)23-14-15-7-3-2-4-8-15/h2-4,7-8,11-12,16H,5-6,9-10,13-14H2,1H3. The highest BCUT2D eigenvalue weighted by Crippen LogP contribution is 2.22. The average molecular weight is 329 g/mol. The highest BCUT2D eigenvalue weighted by molar-refractivity contribution is 7.98. The fourth-order valence-corrected chi connectivity index (χ4v) is 3.47. The number of benzene rings is 1. The van der Waals surface area contributed by atoms with Crippen LogP contribution in [0, 0.1) is 0 Å². The van der Waals surface area contributed by atoms with E-state index in [4.69, 9.17) is 9.72 Å². The van der Waals surface area contributed by atoms with Gasteiger partial charge in [0.15, 0.2) is 0 Å². The van der Waals surface area contributed by atoms with E-state index in [9.17, 15) is 0 Å². The highest BCUT2D eigenvalue weighted by atomic mass is 32.2. The number of nitrogens with zero attached hydrogens (tertiary/aromatic N) is 3. The van der Waals surface area contributed by atoms with Gasteiger partial charge in [0.05, 0.1) is 18.5 Å². The Morgan fingerprint density at radius 3 is 2.87 bits per heavy atom. The van der Waals surface area contributed by atoms with Crippen LogP contribution in [0.15, 0.2) is 47.8 Å². The maximum absolute atomic E-state index is 5.81. The number of anilines is 1. The first-order valence-electron chi connectivity index (χ1n) is 8.13. The van der Waals surface area contributed by atoms with Crippen LogP contribution >= 0.6 is 11.8 Å². The van der Waals surface area contributed by atoms with Gasteiger partial charge in [-0.15, -0.1) is 11.8 Å². The molecule has 23 heavy (non-hydrogen) atoms. The van der Waals surface area contributed by atoms with Gasteiger partial charge in [-0.25, -0.2) is 4.98 Å². The first-order chi connectivity index (χ1) is 11.3. The van der Waals surface area contributed by atoms with E-state index in [0.29, 0.717) is 6.10 Å². The minimum Gasteiger partial charge on any atom is -0.376 e. The molecule has 122 valence electrons. The number of rotatable bonds is 6. The summed E-state index contributed by atoms with van der Waals surface area (Å²) in [5.41, 5.74) is 1.30. The van der Waals surface area contributed by atoms with Gasteiger partial charge in [0.25, 0.3) is 0 Å². The summed E-state index contributed by atoms with van der Waals surface area (Å²) < 4.78 is 5.81. The summed E-state index contributed by atoms with van der Waals surface area (Å²) in [6.07, 6.45) is 7.57. The molecule has 1 aliphatic rings. The highest BCUT2D eigenvalue weighted by Gasteiger charge is 2.17. The lowest BCUT2D eigenvalue weighted by Crippen LogP contribution is -2.33. The molecule has 0 saturated carbocycles. The zero-order valence-electron chi connectivity index (χ0n) is 13.5. The van der Waals surface area contributed by atoms with Gasteiger partial charge in [-0.2, -0.15) is 0 Å². The Bertz CT molecular complexity index is 602.